The minimum absolute atomic E-state index is 0.0426. The van der Waals surface area contributed by atoms with E-state index in [4.69, 9.17) is 23.2 Å². The number of hydrogen-bond acceptors (Lipinski definition) is 1. The predicted molar refractivity (Wildman–Crippen MR) is 82.5 cm³/mol. The van der Waals surface area contributed by atoms with Gasteiger partial charge in [0.2, 0.25) is 5.91 Å². The second-order valence-corrected chi connectivity index (χ2v) is 5.90. The molecule has 1 amide bonds. The minimum Gasteiger partial charge on any atom is -0.326 e. The van der Waals surface area contributed by atoms with E-state index >= 15 is 0 Å². The molecule has 0 aromatic heterocycles. The van der Waals surface area contributed by atoms with Crippen molar-refractivity contribution in [1.29, 1.82) is 0 Å². The molecule has 1 N–H and O–H groups in total. The maximum Gasteiger partial charge on any atom is 0.228 e. The summed E-state index contributed by atoms with van der Waals surface area (Å²) in [5.41, 5.74) is 4.10. The van der Waals surface area contributed by atoms with Gasteiger partial charge in [0.05, 0.1) is 11.8 Å². The van der Waals surface area contributed by atoms with Gasteiger partial charge in [-0.05, 0) is 41.3 Å². The zero-order chi connectivity index (χ0) is 14.1. The van der Waals surface area contributed by atoms with E-state index < -0.39 is 0 Å². The fraction of sp³-hybridized carbons (Fsp3) is 0.188. The van der Waals surface area contributed by atoms with Gasteiger partial charge in [-0.25, -0.2) is 0 Å². The Kier molecular flexibility index (Phi) is 3.68. The van der Waals surface area contributed by atoms with Crippen LogP contribution in [0.2, 0.25) is 5.02 Å². The van der Waals surface area contributed by atoms with E-state index in [-0.39, 0.29) is 11.3 Å². The molecule has 102 valence electrons. The van der Waals surface area contributed by atoms with E-state index in [1.807, 2.05) is 42.5 Å². The van der Waals surface area contributed by atoms with Gasteiger partial charge < -0.3 is 5.32 Å². The molecule has 0 radical (unpaired) electrons. The first-order valence-electron chi connectivity index (χ1n) is 6.43. The highest BCUT2D eigenvalue weighted by molar-refractivity contribution is 6.30. The van der Waals surface area contributed by atoms with Crippen LogP contribution < -0.4 is 5.32 Å². The Labute approximate surface area is 127 Å². The third kappa shape index (κ3) is 2.82. The number of rotatable bonds is 3. The van der Waals surface area contributed by atoms with E-state index in [1.54, 1.807) is 0 Å². The second-order valence-electron chi connectivity index (χ2n) is 4.94. The van der Waals surface area contributed by atoms with Gasteiger partial charge in [0.1, 0.15) is 0 Å². The summed E-state index contributed by atoms with van der Waals surface area (Å²) in [5.74, 6) is 0.0426. The summed E-state index contributed by atoms with van der Waals surface area (Å²) in [4.78, 5) is 11.3. The number of amides is 1. The molecule has 0 spiro atoms. The van der Waals surface area contributed by atoms with Crippen molar-refractivity contribution in [3.8, 4) is 0 Å². The number of anilines is 1. The summed E-state index contributed by atoms with van der Waals surface area (Å²) in [7, 11) is 0. The molecule has 4 heteroatoms. The van der Waals surface area contributed by atoms with Crippen LogP contribution in [-0.4, -0.2) is 5.91 Å². The summed E-state index contributed by atoms with van der Waals surface area (Å²) >= 11 is 12.4. The van der Waals surface area contributed by atoms with Crippen molar-refractivity contribution < 1.29 is 4.79 Å². The van der Waals surface area contributed by atoms with Crippen LogP contribution in [0.3, 0.4) is 0 Å². The van der Waals surface area contributed by atoms with Gasteiger partial charge in [-0.3, -0.25) is 4.79 Å². The number of halogens is 2. The standard InChI is InChI=1S/C16H13Cl2NO/c17-13-4-1-10(2-5-13)7-14(18)11-3-6-15-12(8-11)9-16(20)19-15/h1-6,8,14H,7,9H2,(H,19,20). The van der Waals surface area contributed by atoms with Gasteiger partial charge in [-0.2, -0.15) is 0 Å². The zero-order valence-electron chi connectivity index (χ0n) is 10.7. The summed E-state index contributed by atoms with van der Waals surface area (Å²) in [6.07, 6.45) is 1.17. The second kappa shape index (κ2) is 5.47. The molecule has 2 aromatic rings. The average molecular weight is 306 g/mol. The Balaban J connectivity index is 1.77. The number of alkyl halides is 1. The largest absolute Gasteiger partial charge is 0.326 e. The van der Waals surface area contributed by atoms with Gasteiger partial charge in [0.25, 0.3) is 0 Å². The number of nitrogens with one attached hydrogen (secondary N) is 1. The quantitative estimate of drug-likeness (QED) is 0.839. The predicted octanol–water partition coefficient (Wildman–Crippen LogP) is 4.36. The molecule has 0 bridgehead atoms. The van der Waals surface area contributed by atoms with Crippen LogP contribution in [0.5, 0.6) is 0 Å². The van der Waals surface area contributed by atoms with Crippen LogP contribution in [-0.2, 0) is 17.6 Å². The summed E-state index contributed by atoms with van der Waals surface area (Å²) in [6.45, 7) is 0. The van der Waals surface area contributed by atoms with E-state index in [2.05, 4.69) is 5.32 Å². The normalized spacial score (nSPS) is 14.8. The van der Waals surface area contributed by atoms with Gasteiger partial charge in [-0.15, -0.1) is 11.6 Å². The van der Waals surface area contributed by atoms with Crippen molar-refractivity contribution in [3.63, 3.8) is 0 Å². The maximum atomic E-state index is 11.3. The number of carbonyl (C=O) groups is 1. The topological polar surface area (TPSA) is 29.1 Å². The number of benzene rings is 2. The number of carbonyl (C=O) groups excluding carboxylic acids is 1. The van der Waals surface area contributed by atoms with Gasteiger partial charge in [-0.1, -0.05) is 35.9 Å². The Morgan fingerprint density at radius 2 is 1.90 bits per heavy atom. The van der Waals surface area contributed by atoms with Crippen LogP contribution in [0.25, 0.3) is 0 Å². The van der Waals surface area contributed by atoms with E-state index in [9.17, 15) is 4.79 Å². The Morgan fingerprint density at radius 3 is 2.65 bits per heavy atom. The Hall–Kier alpha value is -1.51. The lowest BCUT2D eigenvalue weighted by molar-refractivity contribution is -0.115. The molecule has 0 saturated carbocycles. The Morgan fingerprint density at radius 1 is 1.15 bits per heavy atom. The van der Waals surface area contributed by atoms with E-state index in [0.717, 1.165) is 33.8 Å². The minimum atomic E-state index is -0.114. The highest BCUT2D eigenvalue weighted by Crippen LogP contribution is 2.31. The van der Waals surface area contributed by atoms with Crippen molar-refractivity contribution in [2.45, 2.75) is 18.2 Å². The van der Waals surface area contributed by atoms with Crippen molar-refractivity contribution in [2.75, 3.05) is 5.32 Å². The molecular formula is C16H13Cl2NO. The lowest BCUT2D eigenvalue weighted by Crippen LogP contribution is -2.03. The van der Waals surface area contributed by atoms with Gasteiger partial charge in [0, 0.05) is 10.7 Å². The van der Waals surface area contributed by atoms with Crippen molar-refractivity contribution in [3.05, 3.63) is 64.2 Å². The lowest BCUT2D eigenvalue weighted by atomic mass is 10.0. The molecule has 1 aliphatic heterocycles. The maximum absolute atomic E-state index is 11.3. The highest BCUT2D eigenvalue weighted by atomic mass is 35.5. The summed E-state index contributed by atoms with van der Waals surface area (Å²) in [5, 5.41) is 3.43. The molecule has 1 aliphatic rings. The smallest absolute Gasteiger partial charge is 0.228 e. The molecule has 1 heterocycles. The highest BCUT2D eigenvalue weighted by Gasteiger charge is 2.19. The first-order chi connectivity index (χ1) is 9.61. The third-order valence-electron chi connectivity index (χ3n) is 3.44. The SMILES string of the molecule is O=C1Cc2cc(C(Cl)Cc3ccc(Cl)cc3)ccc2N1. The molecule has 3 rings (SSSR count). The van der Waals surface area contributed by atoms with Crippen molar-refractivity contribution >= 4 is 34.8 Å². The van der Waals surface area contributed by atoms with Crippen LogP contribution in [0, 0.1) is 0 Å². The van der Waals surface area contributed by atoms with E-state index in [0.29, 0.717) is 6.42 Å². The molecule has 0 aliphatic carbocycles. The fourth-order valence-corrected chi connectivity index (χ4v) is 2.83. The molecule has 20 heavy (non-hydrogen) atoms. The van der Waals surface area contributed by atoms with Gasteiger partial charge >= 0.3 is 0 Å². The lowest BCUT2D eigenvalue weighted by Gasteiger charge is -2.11. The van der Waals surface area contributed by atoms with Crippen LogP contribution >= 0.6 is 23.2 Å². The summed E-state index contributed by atoms with van der Waals surface area (Å²) < 4.78 is 0. The molecule has 1 unspecified atom stereocenters. The Bertz CT molecular complexity index is 652. The molecular weight excluding hydrogens is 293 g/mol. The van der Waals surface area contributed by atoms with Crippen molar-refractivity contribution in [1.82, 2.24) is 0 Å². The fourth-order valence-electron chi connectivity index (χ4n) is 2.39. The van der Waals surface area contributed by atoms with E-state index in [1.165, 1.54) is 0 Å². The third-order valence-corrected chi connectivity index (χ3v) is 4.10. The summed E-state index contributed by atoms with van der Waals surface area (Å²) in [6, 6.07) is 13.6. The molecule has 2 aromatic carbocycles. The van der Waals surface area contributed by atoms with Crippen LogP contribution in [0.4, 0.5) is 5.69 Å². The van der Waals surface area contributed by atoms with Crippen LogP contribution in [0.15, 0.2) is 42.5 Å². The number of hydrogen-bond donors (Lipinski definition) is 1. The monoisotopic (exact) mass is 305 g/mol. The molecule has 1 atom stereocenters. The first-order valence-corrected chi connectivity index (χ1v) is 7.24. The first kappa shape index (κ1) is 13.5. The van der Waals surface area contributed by atoms with Crippen LogP contribution in [0.1, 0.15) is 22.1 Å². The molecule has 0 fully saturated rings. The van der Waals surface area contributed by atoms with Crippen molar-refractivity contribution in [2.24, 2.45) is 0 Å². The zero-order valence-corrected chi connectivity index (χ0v) is 12.2. The van der Waals surface area contributed by atoms with Gasteiger partial charge in [0.15, 0.2) is 0 Å². The average Bonchev–Trinajstić information content (AvgIpc) is 2.80. The molecule has 2 nitrogen and oxygen atoms in total. The molecule has 0 saturated heterocycles. The number of fused-ring (bicyclic) bond motifs is 1.